The summed E-state index contributed by atoms with van der Waals surface area (Å²) in [6.07, 6.45) is 1.37. The molecule has 50 heavy (non-hydrogen) atoms. The number of hydrogen-bond donors (Lipinski definition) is 3. The average Bonchev–Trinajstić information content (AvgIpc) is 3.09. The minimum atomic E-state index is -3.86. The van der Waals surface area contributed by atoms with E-state index in [9.17, 15) is 23.1 Å². The number of likely N-dealkylation sites (N-methyl/N-ethyl adjacent to an activating group) is 1. The number of carbonyl (C=O) groups excluding carboxylic acids is 2. The highest BCUT2D eigenvalue weighted by atomic mass is 35.5. The van der Waals surface area contributed by atoms with Crippen LogP contribution in [0, 0.1) is 5.92 Å². The van der Waals surface area contributed by atoms with Gasteiger partial charge >= 0.3 is 6.03 Å². The van der Waals surface area contributed by atoms with E-state index in [1.54, 1.807) is 56.5 Å². The summed E-state index contributed by atoms with van der Waals surface area (Å²) in [5, 5.41) is 16.2. The van der Waals surface area contributed by atoms with Crippen molar-refractivity contribution in [2.45, 2.75) is 63.2 Å². The first-order chi connectivity index (χ1) is 23.8. The van der Waals surface area contributed by atoms with Gasteiger partial charge in [0, 0.05) is 49.1 Å². The van der Waals surface area contributed by atoms with Crippen molar-refractivity contribution in [2.24, 2.45) is 5.92 Å². The second-order valence-electron chi connectivity index (χ2n) is 12.6. The van der Waals surface area contributed by atoms with Crippen molar-refractivity contribution in [3.8, 4) is 11.5 Å². The van der Waals surface area contributed by atoms with Crippen molar-refractivity contribution < 1.29 is 37.3 Å². The Labute approximate surface area is 299 Å². The van der Waals surface area contributed by atoms with Crippen molar-refractivity contribution in [1.82, 2.24) is 9.21 Å². The van der Waals surface area contributed by atoms with Gasteiger partial charge in [-0.15, -0.1) is 0 Å². The third-order valence-corrected chi connectivity index (χ3v) is 10.7. The molecule has 1 aliphatic rings. The normalized spacial score (nSPS) is 19.9. The Bertz CT molecular complexity index is 1690. The second-order valence-corrected chi connectivity index (χ2v) is 15.0. The van der Waals surface area contributed by atoms with Crippen LogP contribution in [0.15, 0.2) is 71.6 Å². The zero-order chi connectivity index (χ0) is 36.4. The summed E-state index contributed by atoms with van der Waals surface area (Å²) in [5.41, 5.74) is 1.12. The van der Waals surface area contributed by atoms with E-state index in [0.29, 0.717) is 40.9 Å². The summed E-state index contributed by atoms with van der Waals surface area (Å²) < 4.78 is 45.9. The number of halogens is 1. The molecule has 14 heteroatoms. The Kier molecular flexibility index (Phi) is 13.9. The molecule has 3 N–H and O–H groups in total. The van der Waals surface area contributed by atoms with Gasteiger partial charge in [-0.05, 0) is 99.8 Å². The van der Waals surface area contributed by atoms with E-state index in [2.05, 4.69) is 10.6 Å². The van der Waals surface area contributed by atoms with Crippen molar-refractivity contribution in [1.29, 1.82) is 0 Å². The summed E-state index contributed by atoms with van der Waals surface area (Å²) in [6.45, 7) is 5.80. The van der Waals surface area contributed by atoms with Gasteiger partial charge < -0.3 is 34.9 Å². The molecule has 0 bridgehead atoms. The summed E-state index contributed by atoms with van der Waals surface area (Å²) in [4.78, 5) is 28.9. The molecule has 3 aromatic carbocycles. The number of nitrogens with one attached hydrogen (secondary N) is 2. The Hall–Kier alpha value is -3.88. The van der Waals surface area contributed by atoms with Gasteiger partial charge in [-0.2, -0.15) is 4.31 Å². The molecule has 0 saturated carbocycles. The molecule has 3 amide bonds. The van der Waals surface area contributed by atoms with Crippen LogP contribution in [0.25, 0.3) is 0 Å². The lowest BCUT2D eigenvalue weighted by Gasteiger charge is -2.35. The Morgan fingerprint density at radius 3 is 2.38 bits per heavy atom. The Balaban J connectivity index is 1.61. The number of urea groups is 1. The van der Waals surface area contributed by atoms with E-state index >= 15 is 0 Å². The summed E-state index contributed by atoms with van der Waals surface area (Å²) in [6, 6.07) is 16.6. The summed E-state index contributed by atoms with van der Waals surface area (Å²) in [7, 11) is -0.801. The van der Waals surface area contributed by atoms with E-state index in [-0.39, 0.29) is 42.2 Å². The topological polar surface area (TPSA) is 147 Å². The van der Waals surface area contributed by atoms with Gasteiger partial charge in [-0.3, -0.25) is 4.79 Å². The minimum absolute atomic E-state index is 0.0368. The van der Waals surface area contributed by atoms with Gasteiger partial charge in [0.1, 0.15) is 11.5 Å². The number of benzene rings is 3. The molecule has 1 aliphatic heterocycles. The second kappa shape index (κ2) is 17.9. The molecule has 0 fully saturated rings. The zero-order valence-corrected chi connectivity index (χ0v) is 30.7. The molecule has 0 aromatic heterocycles. The number of carbonyl (C=O) groups is 2. The number of nitrogens with zero attached hydrogens (tertiary/aromatic N) is 2. The standard InChI is InChI=1S/C36H47ClN4O8S/c1-24-21-41(25(2)23-42)35(43)32-20-29(39-36(44)38-28-11-14-30(47-5)15-12-28)13-18-33(32)49-26(3)8-6-7-19-48-34(24)22-40(4)50(45,46)31-16-9-27(37)10-17-31/h9-18,20,24-26,34,42H,6-8,19,21-23H2,1-5H3,(H2,38,39,44)/t24-,25+,26-,34+/m0/s1. The van der Waals surface area contributed by atoms with Gasteiger partial charge in [0.25, 0.3) is 5.91 Å². The van der Waals surface area contributed by atoms with Crippen LogP contribution in [0.1, 0.15) is 50.4 Å². The third kappa shape index (κ3) is 10.3. The molecular formula is C36H47ClN4O8S. The largest absolute Gasteiger partial charge is 0.497 e. The maximum absolute atomic E-state index is 14.4. The van der Waals surface area contributed by atoms with Gasteiger partial charge in [0.15, 0.2) is 0 Å². The molecule has 0 unspecified atom stereocenters. The molecule has 272 valence electrons. The maximum atomic E-state index is 14.4. The fourth-order valence-electron chi connectivity index (χ4n) is 5.57. The van der Waals surface area contributed by atoms with Crippen LogP contribution in [0.5, 0.6) is 11.5 Å². The van der Waals surface area contributed by atoms with E-state index in [0.717, 1.165) is 12.8 Å². The van der Waals surface area contributed by atoms with Crippen LogP contribution in [0.3, 0.4) is 0 Å². The molecule has 0 radical (unpaired) electrons. The first kappa shape index (κ1) is 38.9. The number of fused-ring (bicyclic) bond motifs is 1. The fourth-order valence-corrected chi connectivity index (χ4v) is 6.88. The number of aliphatic hydroxyl groups is 1. The van der Waals surface area contributed by atoms with Gasteiger partial charge in [-0.25, -0.2) is 13.2 Å². The van der Waals surface area contributed by atoms with Gasteiger partial charge in [0.2, 0.25) is 10.0 Å². The van der Waals surface area contributed by atoms with E-state index < -0.39 is 34.1 Å². The molecule has 4 rings (SSSR count). The molecule has 0 spiro atoms. The van der Waals surface area contributed by atoms with Gasteiger partial charge in [0.05, 0.1) is 42.4 Å². The van der Waals surface area contributed by atoms with Crippen molar-refractivity contribution in [3.05, 3.63) is 77.3 Å². The molecule has 12 nitrogen and oxygen atoms in total. The summed E-state index contributed by atoms with van der Waals surface area (Å²) in [5.74, 6) is 0.236. The molecule has 0 saturated heterocycles. The van der Waals surface area contributed by atoms with Crippen LogP contribution < -0.4 is 20.1 Å². The minimum Gasteiger partial charge on any atom is -0.497 e. The number of methoxy groups -OCH3 is 1. The van der Waals surface area contributed by atoms with Crippen LogP contribution in [0.2, 0.25) is 5.02 Å². The number of aliphatic hydroxyl groups excluding tert-OH is 1. The fraction of sp³-hybridized carbons (Fsp3) is 0.444. The number of ether oxygens (including phenoxy) is 3. The molecular weight excluding hydrogens is 684 g/mol. The predicted molar refractivity (Wildman–Crippen MR) is 194 cm³/mol. The lowest BCUT2D eigenvalue weighted by Crippen LogP contribution is -2.48. The number of anilines is 2. The smallest absolute Gasteiger partial charge is 0.323 e. The van der Waals surface area contributed by atoms with Crippen LogP contribution in [-0.4, -0.2) is 93.4 Å². The van der Waals surface area contributed by atoms with E-state index in [1.807, 2.05) is 13.8 Å². The maximum Gasteiger partial charge on any atom is 0.323 e. The molecule has 0 aliphatic carbocycles. The number of rotatable bonds is 9. The van der Waals surface area contributed by atoms with Crippen LogP contribution in [0.4, 0.5) is 16.2 Å². The molecule has 1 heterocycles. The zero-order valence-electron chi connectivity index (χ0n) is 29.1. The molecule has 3 aromatic rings. The summed E-state index contributed by atoms with van der Waals surface area (Å²) >= 11 is 5.99. The molecule has 4 atom stereocenters. The highest BCUT2D eigenvalue weighted by Crippen LogP contribution is 2.29. The van der Waals surface area contributed by atoms with E-state index in [4.69, 9.17) is 25.8 Å². The van der Waals surface area contributed by atoms with Crippen molar-refractivity contribution in [3.63, 3.8) is 0 Å². The Morgan fingerprint density at radius 2 is 1.72 bits per heavy atom. The highest BCUT2D eigenvalue weighted by molar-refractivity contribution is 7.89. The predicted octanol–water partition coefficient (Wildman–Crippen LogP) is 6.11. The van der Waals surface area contributed by atoms with Crippen molar-refractivity contribution in [2.75, 3.05) is 51.1 Å². The SMILES string of the molecule is COc1ccc(NC(=O)Nc2ccc3c(c2)C(=O)N([C@H](C)CO)C[C@H](C)[C@@H](CN(C)S(=O)(=O)c2ccc(Cl)cc2)OCCCC[C@H](C)O3)cc1. The van der Waals surface area contributed by atoms with Crippen LogP contribution >= 0.6 is 11.6 Å². The number of amides is 3. The van der Waals surface area contributed by atoms with Crippen LogP contribution in [-0.2, 0) is 14.8 Å². The Morgan fingerprint density at radius 1 is 1.06 bits per heavy atom. The lowest BCUT2D eigenvalue weighted by atomic mass is 10.0. The highest BCUT2D eigenvalue weighted by Gasteiger charge is 2.32. The quantitative estimate of drug-likeness (QED) is 0.239. The lowest BCUT2D eigenvalue weighted by molar-refractivity contribution is -0.00833. The third-order valence-electron chi connectivity index (χ3n) is 8.62. The monoisotopic (exact) mass is 730 g/mol. The van der Waals surface area contributed by atoms with Crippen molar-refractivity contribution >= 4 is 44.9 Å². The van der Waals surface area contributed by atoms with E-state index in [1.165, 1.54) is 40.5 Å². The first-order valence-electron chi connectivity index (χ1n) is 16.6. The number of sulfonamides is 1. The first-order valence-corrected chi connectivity index (χ1v) is 18.4. The average molecular weight is 731 g/mol. The van der Waals surface area contributed by atoms with Gasteiger partial charge in [-0.1, -0.05) is 18.5 Å². The number of hydrogen-bond acceptors (Lipinski definition) is 8.